The number of aromatic nitrogens is 2. The molecule has 5 heteroatoms. The van der Waals surface area contributed by atoms with Gasteiger partial charge in [0.05, 0.1) is 5.69 Å². The highest BCUT2D eigenvalue weighted by atomic mass is 16.2. The third-order valence-electron chi connectivity index (χ3n) is 4.62. The Balaban J connectivity index is 1.82. The van der Waals surface area contributed by atoms with Crippen LogP contribution in [0, 0.1) is 0 Å². The van der Waals surface area contributed by atoms with Gasteiger partial charge in [-0.15, -0.1) is 0 Å². The van der Waals surface area contributed by atoms with Crippen LogP contribution in [0.15, 0.2) is 10.9 Å². The highest BCUT2D eigenvalue weighted by molar-refractivity contribution is 5.80. The maximum absolute atomic E-state index is 12.6. The summed E-state index contributed by atoms with van der Waals surface area (Å²) in [6.45, 7) is 3.41. The molecule has 1 aliphatic heterocycles. The van der Waals surface area contributed by atoms with Gasteiger partial charge in [-0.25, -0.2) is 4.68 Å². The Hall–Kier alpha value is -1.65. The van der Waals surface area contributed by atoms with Crippen molar-refractivity contribution in [2.45, 2.75) is 57.9 Å². The topological polar surface area (TPSA) is 55.2 Å². The number of hydrogen-bond donors (Lipinski definition) is 0. The van der Waals surface area contributed by atoms with Crippen LogP contribution in [0.1, 0.15) is 56.3 Å². The molecular weight excluding hydrogens is 266 g/mol. The Kier molecular flexibility index (Phi) is 4.08. The predicted octanol–water partition coefficient (Wildman–Crippen LogP) is 1.70. The Morgan fingerprint density at radius 1 is 1.14 bits per heavy atom. The largest absolute Gasteiger partial charge is 0.341 e. The van der Waals surface area contributed by atoms with Gasteiger partial charge in [-0.1, -0.05) is 12.8 Å². The lowest BCUT2D eigenvalue weighted by Crippen LogP contribution is -2.40. The van der Waals surface area contributed by atoms with E-state index in [1.54, 1.807) is 13.0 Å². The lowest BCUT2D eigenvalue weighted by Gasteiger charge is -2.24. The van der Waals surface area contributed by atoms with Crippen molar-refractivity contribution in [1.82, 2.24) is 14.7 Å². The van der Waals surface area contributed by atoms with Crippen LogP contribution in [-0.2, 0) is 17.6 Å². The molecule has 0 bridgehead atoms. The van der Waals surface area contributed by atoms with Crippen molar-refractivity contribution >= 4 is 5.91 Å². The average Bonchev–Trinajstić information content (AvgIpc) is 2.76. The maximum atomic E-state index is 12.6. The summed E-state index contributed by atoms with van der Waals surface area (Å²) in [5.74, 6) is 0.0319. The van der Waals surface area contributed by atoms with Crippen molar-refractivity contribution in [3.8, 4) is 0 Å². The number of carbonyl (C=O) groups excluding carboxylic acids is 1. The molecule has 5 nitrogen and oxygen atoms in total. The molecule has 0 N–H and O–H groups in total. The minimum Gasteiger partial charge on any atom is -0.341 e. The molecule has 1 unspecified atom stereocenters. The summed E-state index contributed by atoms with van der Waals surface area (Å²) in [5, 5.41) is 4.45. The lowest BCUT2D eigenvalue weighted by atomic mass is 10.2. The van der Waals surface area contributed by atoms with Crippen molar-refractivity contribution in [2.24, 2.45) is 0 Å². The third-order valence-corrected chi connectivity index (χ3v) is 4.62. The number of nitrogens with zero attached hydrogens (tertiary/aromatic N) is 3. The summed E-state index contributed by atoms with van der Waals surface area (Å²) in [7, 11) is 0. The first-order chi connectivity index (χ1) is 10.2. The second-order valence-corrected chi connectivity index (χ2v) is 6.17. The highest BCUT2D eigenvalue weighted by Gasteiger charge is 2.25. The summed E-state index contributed by atoms with van der Waals surface area (Å²) >= 11 is 0. The van der Waals surface area contributed by atoms with Crippen LogP contribution in [0.4, 0.5) is 0 Å². The van der Waals surface area contributed by atoms with Gasteiger partial charge in [-0.3, -0.25) is 9.59 Å². The summed E-state index contributed by atoms with van der Waals surface area (Å²) in [4.78, 5) is 26.7. The molecule has 3 rings (SSSR count). The smallest absolute Gasteiger partial charge is 0.267 e. The molecule has 114 valence electrons. The van der Waals surface area contributed by atoms with E-state index in [1.165, 1.54) is 17.5 Å². The molecule has 0 spiro atoms. The van der Waals surface area contributed by atoms with Crippen molar-refractivity contribution < 1.29 is 4.79 Å². The zero-order valence-electron chi connectivity index (χ0n) is 12.7. The van der Waals surface area contributed by atoms with Crippen molar-refractivity contribution in [3.63, 3.8) is 0 Å². The van der Waals surface area contributed by atoms with Gasteiger partial charge < -0.3 is 4.90 Å². The molecule has 1 aliphatic carbocycles. The van der Waals surface area contributed by atoms with Crippen LogP contribution in [0.5, 0.6) is 0 Å². The van der Waals surface area contributed by atoms with E-state index in [4.69, 9.17) is 0 Å². The predicted molar refractivity (Wildman–Crippen MR) is 80.3 cm³/mol. The minimum absolute atomic E-state index is 0.0319. The number of fused-ring (bicyclic) bond motifs is 1. The standard InChI is InChI=1S/C16H23N3O2/c1-12(16(21)18-9-4-2-3-5-10-18)19-15(20)11-13-7-6-8-14(13)17-19/h11-12H,2-10H2,1H3. The SMILES string of the molecule is CC(C(=O)N1CCCCCC1)n1nc2c(cc1=O)CCC2. The normalized spacial score (nSPS) is 20.0. The summed E-state index contributed by atoms with van der Waals surface area (Å²) in [6, 6.07) is 1.17. The molecule has 1 amide bonds. The fraction of sp³-hybridized carbons (Fsp3) is 0.688. The van der Waals surface area contributed by atoms with E-state index in [1.807, 2.05) is 4.90 Å². The number of hydrogen-bond acceptors (Lipinski definition) is 3. The molecule has 1 fully saturated rings. The van der Waals surface area contributed by atoms with Crippen molar-refractivity contribution in [1.29, 1.82) is 0 Å². The molecule has 1 aromatic rings. The van der Waals surface area contributed by atoms with E-state index in [-0.39, 0.29) is 11.5 Å². The Morgan fingerprint density at radius 3 is 2.57 bits per heavy atom. The molecule has 1 aromatic heterocycles. The van der Waals surface area contributed by atoms with Gasteiger partial charge in [0.15, 0.2) is 0 Å². The molecular formula is C16H23N3O2. The molecule has 1 atom stereocenters. The summed E-state index contributed by atoms with van der Waals surface area (Å²) in [5.41, 5.74) is 1.90. The van der Waals surface area contributed by atoms with E-state index < -0.39 is 6.04 Å². The van der Waals surface area contributed by atoms with Gasteiger partial charge in [0.1, 0.15) is 6.04 Å². The molecule has 0 radical (unpaired) electrons. The van der Waals surface area contributed by atoms with Gasteiger partial charge in [0.2, 0.25) is 5.91 Å². The molecule has 1 saturated heterocycles. The fourth-order valence-electron chi connectivity index (χ4n) is 3.35. The van der Waals surface area contributed by atoms with E-state index in [0.29, 0.717) is 0 Å². The van der Waals surface area contributed by atoms with Crippen molar-refractivity contribution in [2.75, 3.05) is 13.1 Å². The highest BCUT2D eigenvalue weighted by Crippen LogP contribution is 2.19. The third kappa shape index (κ3) is 2.87. The minimum atomic E-state index is -0.499. The molecule has 2 heterocycles. The zero-order chi connectivity index (χ0) is 14.8. The van der Waals surface area contributed by atoms with Crippen LogP contribution in [0.3, 0.4) is 0 Å². The monoisotopic (exact) mass is 289 g/mol. The number of carbonyl (C=O) groups is 1. The first-order valence-electron chi connectivity index (χ1n) is 8.07. The van der Waals surface area contributed by atoms with Gasteiger partial charge >= 0.3 is 0 Å². The lowest BCUT2D eigenvalue weighted by molar-refractivity contribution is -0.134. The van der Waals surface area contributed by atoms with E-state index in [0.717, 1.165) is 56.5 Å². The van der Waals surface area contributed by atoms with Crippen LogP contribution in [-0.4, -0.2) is 33.7 Å². The van der Waals surface area contributed by atoms with Crippen molar-refractivity contribution in [3.05, 3.63) is 27.7 Å². The second-order valence-electron chi connectivity index (χ2n) is 6.17. The first kappa shape index (κ1) is 14.3. The number of amides is 1. The van der Waals surface area contributed by atoms with E-state index in [9.17, 15) is 9.59 Å². The Morgan fingerprint density at radius 2 is 1.86 bits per heavy atom. The van der Waals surface area contributed by atoms with Crippen LogP contribution >= 0.6 is 0 Å². The van der Waals surface area contributed by atoms with Crippen LogP contribution in [0.2, 0.25) is 0 Å². The Bertz CT molecular complexity index is 586. The first-order valence-corrected chi connectivity index (χ1v) is 8.07. The summed E-state index contributed by atoms with van der Waals surface area (Å²) in [6.07, 6.45) is 7.41. The average molecular weight is 289 g/mol. The fourth-order valence-corrected chi connectivity index (χ4v) is 3.35. The van der Waals surface area contributed by atoms with Crippen LogP contribution < -0.4 is 5.56 Å². The molecule has 0 aromatic carbocycles. The quantitative estimate of drug-likeness (QED) is 0.832. The number of aryl methyl sites for hydroxylation is 2. The number of likely N-dealkylation sites (tertiary alicyclic amines) is 1. The maximum Gasteiger partial charge on any atom is 0.267 e. The number of rotatable bonds is 2. The van der Waals surface area contributed by atoms with Gasteiger partial charge in [-0.05, 0) is 44.6 Å². The zero-order valence-corrected chi connectivity index (χ0v) is 12.7. The Labute approximate surface area is 124 Å². The van der Waals surface area contributed by atoms with E-state index in [2.05, 4.69) is 5.10 Å². The summed E-state index contributed by atoms with van der Waals surface area (Å²) < 4.78 is 1.39. The second kappa shape index (κ2) is 6.00. The molecule has 0 saturated carbocycles. The van der Waals surface area contributed by atoms with Gasteiger partial charge in [0, 0.05) is 19.2 Å². The van der Waals surface area contributed by atoms with E-state index >= 15 is 0 Å². The van der Waals surface area contributed by atoms with Crippen LogP contribution in [0.25, 0.3) is 0 Å². The van der Waals surface area contributed by atoms with Gasteiger partial charge in [0.25, 0.3) is 5.56 Å². The van der Waals surface area contributed by atoms with Gasteiger partial charge in [-0.2, -0.15) is 5.10 Å². The molecule has 2 aliphatic rings. The molecule has 21 heavy (non-hydrogen) atoms.